The summed E-state index contributed by atoms with van der Waals surface area (Å²) in [5, 5.41) is 3.24. The van der Waals surface area contributed by atoms with Gasteiger partial charge in [-0.2, -0.15) is 0 Å². The van der Waals surface area contributed by atoms with Gasteiger partial charge in [0.1, 0.15) is 17.9 Å². The minimum Gasteiger partial charge on any atom is -0.497 e. The number of hydrogen-bond acceptors (Lipinski definition) is 6. The number of rotatable bonds is 5. The van der Waals surface area contributed by atoms with Gasteiger partial charge in [-0.15, -0.1) is 0 Å². The molecule has 1 N–H and O–H groups in total. The first-order valence-corrected chi connectivity index (χ1v) is 8.12. The summed E-state index contributed by atoms with van der Waals surface area (Å²) in [6.07, 6.45) is 0. The van der Waals surface area contributed by atoms with Crippen LogP contribution in [0.15, 0.2) is 57.7 Å². The molecule has 0 bridgehead atoms. The average Bonchev–Trinajstić information content (AvgIpc) is 2.65. The number of benzene rings is 2. The molecule has 0 aliphatic heterocycles. The molecule has 0 saturated heterocycles. The summed E-state index contributed by atoms with van der Waals surface area (Å²) in [7, 11) is 1.54. The second kappa shape index (κ2) is 7.74. The fourth-order valence-corrected chi connectivity index (χ4v) is 2.58. The number of nitrogens with one attached hydrogen (secondary N) is 1. The molecule has 0 spiro atoms. The fraction of sp³-hybridized carbons (Fsp3) is 0.150. The van der Waals surface area contributed by atoms with Crippen LogP contribution in [0.4, 0.5) is 5.69 Å². The predicted octanol–water partition coefficient (Wildman–Crippen LogP) is 3.12. The van der Waals surface area contributed by atoms with E-state index in [1.54, 1.807) is 42.5 Å². The number of hydrogen-bond donors (Lipinski definition) is 1. The third-order valence-corrected chi connectivity index (χ3v) is 3.84. The Kier molecular flexibility index (Phi) is 5.21. The summed E-state index contributed by atoms with van der Waals surface area (Å²) in [5.41, 5.74) is 1.11. The second-order valence-electron chi connectivity index (χ2n) is 5.79. The lowest BCUT2D eigenvalue weighted by Crippen LogP contribution is -2.09. The number of fused-ring (bicyclic) bond motifs is 1. The van der Waals surface area contributed by atoms with Gasteiger partial charge in [0, 0.05) is 35.7 Å². The van der Waals surface area contributed by atoms with E-state index < -0.39 is 11.6 Å². The second-order valence-corrected chi connectivity index (χ2v) is 5.79. The first-order chi connectivity index (χ1) is 13.0. The monoisotopic (exact) mass is 367 g/mol. The third-order valence-electron chi connectivity index (χ3n) is 3.84. The van der Waals surface area contributed by atoms with E-state index in [1.165, 1.54) is 20.1 Å². The lowest BCUT2D eigenvalue weighted by Gasteiger charge is -2.09. The number of amides is 1. The molecule has 0 fully saturated rings. The topological polar surface area (TPSA) is 94.8 Å². The van der Waals surface area contributed by atoms with E-state index in [9.17, 15) is 14.4 Å². The van der Waals surface area contributed by atoms with Crippen molar-refractivity contribution in [2.75, 3.05) is 12.4 Å². The molecule has 0 radical (unpaired) electrons. The number of ether oxygens (including phenoxy) is 2. The van der Waals surface area contributed by atoms with Crippen LogP contribution in [0.1, 0.15) is 22.8 Å². The highest BCUT2D eigenvalue weighted by molar-refractivity contribution is 5.92. The summed E-state index contributed by atoms with van der Waals surface area (Å²) in [6.45, 7) is 1.29. The Morgan fingerprint density at radius 1 is 1.07 bits per heavy atom. The van der Waals surface area contributed by atoms with E-state index in [1.807, 2.05) is 0 Å². The standard InChI is InChI=1S/C20H17NO6/c1-12(22)21-15-5-8-17-14(9-19(23)27-18(17)10-15)11-26-20(24)13-3-6-16(25-2)7-4-13/h3-10H,11H2,1-2H3,(H,21,22). The average molecular weight is 367 g/mol. The van der Waals surface area contributed by atoms with Crippen LogP contribution in [-0.2, 0) is 16.1 Å². The zero-order valence-corrected chi connectivity index (χ0v) is 14.8. The van der Waals surface area contributed by atoms with Gasteiger partial charge < -0.3 is 19.2 Å². The Labute approximate surface area is 154 Å². The number of anilines is 1. The Balaban J connectivity index is 1.82. The largest absolute Gasteiger partial charge is 0.497 e. The van der Waals surface area contributed by atoms with Gasteiger partial charge in [-0.25, -0.2) is 9.59 Å². The number of carbonyl (C=O) groups excluding carboxylic acids is 2. The molecule has 27 heavy (non-hydrogen) atoms. The normalized spacial score (nSPS) is 10.4. The maximum absolute atomic E-state index is 12.2. The first kappa shape index (κ1) is 18.2. The van der Waals surface area contributed by atoms with Gasteiger partial charge in [-0.1, -0.05) is 0 Å². The van der Waals surface area contributed by atoms with Crippen LogP contribution in [0.25, 0.3) is 11.0 Å². The van der Waals surface area contributed by atoms with Crippen molar-refractivity contribution in [2.45, 2.75) is 13.5 Å². The highest BCUT2D eigenvalue weighted by Crippen LogP contribution is 2.22. The number of esters is 1. The molecule has 1 amide bonds. The zero-order valence-electron chi connectivity index (χ0n) is 14.8. The summed E-state index contributed by atoms with van der Waals surface area (Å²) in [6, 6.07) is 12.7. The fourth-order valence-electron chi connectivity index (χ4n) is 2.58. The molecule has 0 saturated carbocycles. The quantitative estimate of drug-likeness (QED) is 0.550. The predicted molar refractivity (Wildman–Crippen MR) is 98.9 cm³/mol. The Hall–Kier alpha value is -3.61. The molecule has 7 heteroatoms. The minimum atomic E-state index is -0.571. The molecule has 3 rings (SSSR count). The maximum atomic E-state index is 12.2. The molecular weight excluding hydrogens is 350 g/mol. The molecule has 2 aromatic carbocycles. The van der Waals surface area contributed by atoms with Crippen molar-refractivity contribution in [1.29, 1.82) is 0 Å². The van der Waals surface area contributed by atoms with Crippen molar-refractivity contribution >= 4 is 28.5 Å². The summed E-state index contributed by atoms with van der Waals surface area (Å²) in [4.78, 5) is 35.2. The van der Waals surface area contributed by atoms with Gasteiger partial charge in [-0.3, -0.25) is 4.79 Å². The first-order valence-electron chi connectivity index (χ1n) is 8.12. The van der Waals surface area contributed by atoms with Gasteiger partial charge in [0.15, 0.2) is 0 Å². The van der Waals surface area contributed by atoms with Crippen LogP contribution in [-0.4, -0.2) is 19.0 Å². The van der Waals surface area contributed by atoms with Crippen LogP contribution in [0.3, 0.4) is 0 Å². The molecule has 0 aliphatic carbocycles. The van der Waals surface area contributed by atoms with E-state index in [-0.39, 0.29) is 12.5 Å². The minimum absolute atomic E-state index is 0.0908. The maximum Gasteiger partial charge on any atom is 0.338 e. The Bertz CT molecular complexity index is 1050. The van der Waals surface area contributed by atoms with Gasteiger partial charge >= 0.3 is 11.6 Å². The molecule has 0 unspecified atom stereocenters. The van der Waals surface area contributed by atoms with Gasteiger partial charge in [0.05, 0.1) is 12.7 Å². The van der Waals surface area contributed by atoms with Crippen LogP contribution < -0.4 is 15.7 Å². The molecule has 1 heterocycles. The van der Waals surface area contributed by atoms with Crippen LogP contribution in [0.2, 0.25) is 0 Å². The molecule has 0 atom stereocenters. The number of carbonyl (C=O) groups is 2. The van der Waals surface area contributed by atoms with E-state index in [2.05, 4.69) is 5.32 Å². The van der Waals surface area contributed by atoms with Crippen LogP contribution >= 0.6 is 0 Å². The zero-order chi connectivity index (χ0) is 19.4. The van der Waals surface area contributed by atoms with E-state index in [0.29, 0.717) is 33.5 Å². The van der Waals surface area contributed by atoms with Crippen molar-refractivity contribution in [3.8, 4) is 5.75 Å². The van der Waals surface area contributed by atoms with Crippen LogP contribution in [0, 0.1) is 0 Å². The highest BCUT2D eigenvalue weighted by Gasteiger charge is 2.12. The van der Waals surface area contributed by atoms with Crippen molar-refractivity contribution in [3.05, 3.63) is 70.1 Å². The Morgan fingerprint density at radius 3 is 2.48 bits per heavy atom. The van der Waals surface area contributed by atoms with Crippen molar-refractivity contribution in [2.24, 2.45) is 0 Å². The third kappa shape index (κ3) is 4.33. The summed E-state index contributed by atoms with van der Waals surface area (Å²) in [5.74, 6) is -0.122. The van der Waals surface area contributed by atoms with Crippen molar-refractivity contribution in [3.63, 3.8) is 0 Å². The van der Waals surface area contributed by atoms with Crippen LogP contribution in [0.5, 0.6) is 5.75 Å². The smallest absolute Gasteiger partial charge is 0.338 e. The van der Waals surface area contributed by atoms with E-state index >= 15 is 0 Å². The molecule has 3 aromatic rings. The highest BCUT2D eigenvalue weighted by atomic mass is 16.5. The SMILES string of the molecule is COc1ccc(C(=O)OCc2cc(=O)oc3cc(NC(C)=O)ccc23)cc1. The van der Waals surface area contributed by atoms with Crippen molar-refractivity contribution < 1.29 is 23.5 Å². The summed E-state index contributed by atoms with van der Waals surface area (Å²) >= 11 is 0. The molecular formula is C20H17NO6. The Morgan fingerprint density at radius 2 is 1.81 bits per heavy atom. The lowest BCUT2D eigenvalue weighted by molar-refractivity contribution is -0.114. The van der Waals surface area contributed by atoms with Gasteiger partial charge in [-0.05, 0) is 36.4 Å². The van der Waals surface area contributed by atoms with Crippen molar-refractivity contribution in [1.82, 2.24) is 0 Å². The lowest BCUT2D eigenvalue weighted by atomic mass is 10.1. The molecule has 7 nitrogen and oxygen atoms in total. The van der Waals surface area contributed by atoms with E-state index in [0.717, 1.165) is 0 Å². The molecule has 0 aliphatic rings. The molecule has 138 valence electrons. The summed E-state index contributed by atoms with van der Waals surface area (Å²) < 4.78 is 15.5. The van der Waals surface area contributed by atoms with E-state index in [4.69, 9.17) is 13.9 Å². The van der Waals surface area contributed by atoms with Gasteiger partial charge in [0.25, 0.3) is 0 Å². The molecule has 1 aromatic heterocycles. The van der Waals surface area contributed by atoms with Gasteiger partial charge in [0.2, 0.25) is 5.91 Å². The number of methoxy groups -OCH3 is 1.